The van der Waals surface area contributed by atoms with E-state index < -0.39 is 30.2 Å². The first-order valence-corrected chi connectivity index (χ1v) is 10.2. The van der Waals surface area contributed by atoms with Crippen LogP contribution < -0.4 is 15.5 Å². The molecule has 4 heterocycles. The zero-order chi connectivity index (χ0) is 24.0. The Kier molecular flexibility index (Phi) is 5.20. The van der Waals surface area contributed by atoms with Crippen molar-refractivity contribution in [3.05, 3.63) is 59.7 Å². The second-order valence-corrected chi connectivity index (χ2v) is 7.68. The number of halogens is 3. The van der Waals surface area contributed by atoms with Crippen molar-refractivity contribution in [2.75, 3.05) is 7.11 Å². The molecule has 3 unspecified atom stereocenters. The van der Waals surface area contributed by atoms with E-state index in [0.717, 1.165) is 5.01 Å². The van der Waals surface area contributed by atoms with E-state index in [1.165, 1.54) is 19.4 Å². The van der Waals surface area contributed by atoms with Crippen LogP contribution in [-0.4, -0.2) is 56.6 Å². The number of methoxy groups -OCH3 is 1. The van der Waals surface area contributed by atoms with E-state index >= 15 is 0 Å². The number of nitrogens with zero attached hydrogens (tertiary/aromatic N) is 5. The molecular formula is C21H18F3N7O3. The number of rotatable bonds is 4. The van der Waals surface area contributed by atoms with Crippen molar-refractivity contribution < 1.29 is 27.1 Å². The van der Waals surface area contributed by atoms with Crippen molar-refractivity contribution in [3.63, 3.8) is 0 Å². The summed E-state index contributed by atoms with van der Waals surface area (Å²) >= 11 is 0. The third-order valence-electron chi connectivity index (χ3n) is 5.63. The van der Waals surface area contributed by atoms with Crippen LogP contribution in [0.1, 0.15) is 24.3 Å². The summed E-state index contributed by atoms with van der Waals surface area (Å²) in [6, 6.07) is 7.79. The number of hydrazine groups is 1. The number of alkyl halides is 3. The molecule has 176 valence electrons. The molecule has 2 aliphatic rings. The molecule has 0 saturated carbocycles. The van der Waals surface area contributed by atoms with Crippen molar-refractivity contribution in [1.82, 2.24) is 35.9 Å². The molecule has 3 aromatic rings. The van der Waals surface area contributed by atoms with Gasteiger partial charge in [-0.2, -0.15) is 18.2 Å². The minimum Gasteiger partial charge on any atom is -0.481 e. The number of carbonyl (C=O) groups is 1. The van der Waals surface area contributed by atoms with Gasteiger partial charge in [0, 0.05) is 18.0 Å². The smallest absolute Gasteiger partial charge is 0.406 e. The van der Waals surface area contributed by atoms with E-state index in [1.54, 1.807) is 37.3 Å². The first kappa shape index (κ1) is 21.8. The predicted octanol–water partition coefficient (Wildman–Crippen LogP) is 2.26. The summed E-state index contributed by atoms with van der Waals surface area (Å²) in [7, 11) is 1.43. The predicted molar refractivity (Wildman–Crippen MR) is 110 cm³/mol. The Morgan fingerprint density at radius 1 is 1.12 bits per heavy atom. The summed E-state index contributed by atoms with van der Waals surface area (Å²) in [5.41, 5.74) is 3.03. The van der Waals surface area contributed by atoms with Gasteiger partial charge in [-0.15, -0.1) is 10.2 Å². The Labute approximate surface area is 190 Å². The van der Waals surface area contributed by atoms with E-state index in [0.29, 0.717) is 11.3 Å². The lowest BCUT2D eigenvalue weighted by molar-refractivity contribution is -0.161. The van der Waals surface area contributed by atoms with Gasteiger partial charge < -0.3 is 14.5 Å². The topological polar surface area (TPSA) is 118 Å². The Hall–Kier alpha value is -4.00. The lowest BCUT2D eigenvalue weighted by Crippen LogP contribution is -2.54. The molecule has 3 atom stereocenters. The van der Waals surface area contributed by atoms with Crippen LogP contribution in [0.15, 0.2) is 52.7 Å². The number of carbonyl (C=O) groups excluding carboxylic acids is 1. The highest BCUT2D eigenvalue weighted by Crippen LogP contribution is 2.42. The molecule has 0 bridgehead atoms. The third-order valence-corrected chi connectivity index (χ3v) is 5.63. The molecule has 0 radical (unpaired) electrons. The summed E-state index contributed by atoms with van der Waals surface area (Å²) in [6.07, 6.45) is -4.15. The van der Waals surface area contributed by atoms with Crippen LogP contribution in [0.25, 0.3) is 17.3 Å². The largest absolute Gasteiger partial charge is 0.481 e. The summed E-state index contributed by atoms with van der Waals surface area (Å²) in [5.74, 6) is -1.71. The molecule has 1 amide bonds. The zero-order valence-corrected chi connectivity index (χ0v) is 17.9. The van der Waals surface area contributed by atoms with Crippen LogP contribution >= 0.6 is 0 Å². The molecular weight excluding hydrogens is 455 g/mol. The van der Waals surface area contributed by atoms with Gasteiger partial charge in [0.15, 0.2) is 0 Å². The Bertz CT molecular complexity index is 1260. The van der Waals surface area contributed by atoms with E-state index in [4.69, 9.17) is 9.15 Å². The first-order chi connectivity index (χ1) is 16.3. The van der Waals surface area contributed by atoms with Crippen LogP contribution in [0.5, 0.6) is 5.88 Å². The fourth-order valence-electron chi connectivity index (χ4n) is 4.12. The lowest BCUT2D eigenvalue weighted by Gasteiger charge is -2.34. The van der Waals surface area contributed by atoms with E-state index in [1.807, 2.05) is 0 Å². The molecule has 2 aromatic heterocycles. The van der Waals surface area contributed by atoms with Gasteiger partial charge in [-0.05, 0) is 12.5 Å². The maximum Gasteiger partial charge on any atom is 0.406 e. The highest BCUT2D eigenvalue weighted by atomic mass is 19.4. The van der Waals surface area contributed by atoms with Crippen LogP contribution in [0.4, 0.5) is 13.2 Å². The van der Waals surface area contributed by atoms with Crippen molar-refractivity contribution in [2.24, 2.45) is 0 Å². The Morgan fingerprint density at radius 3 is 2.56 bits per heavy atom. The van der Waals surface area contributed by atoms with Crippen molar-refractivity contribution in [3.8, 4) is 17.6 Å². The average Bonchev–Trinajstić information content (AvgIpc) is 3.45. The van der Waals surface area contributed by atoms with Gasteiger partial charge in [-0.3, -0.25) is 4.79 Å². The maximum atomic E-state index is 13.9. The number of amides is 1. The number of benzene rings is 1. The number of hydrogen-bond acceptors (Lipinski definition) is 9. The molecule has 2 aliphatic heterocycles. The van der Waals surface area contributed by atoms with Crippen LogP contribution in [0, 0.1) is 0 Å². The monoisotopic (exact) mass is 473 g/mol. The molecule has 10 nitrogen and oxygen atoms in total. The summed E-state index contributed by atoms with van der Waals surface area (Å²) in [6.45, 7) is 1.57. The van der Waals surface area contributed by atoms with E-state index in [-0.39, 0.29) is 29.1 Å². The number of allylic oxidation sites excluding steroid dienone is 1. The Balaban J connectivity index is 1.50. The normalized spacial score (nSPS) is 22.6. The quantitative estimate of drug-likeness (QED) is 0.588. The van der Waals surface area contributed by atoms with Gasteiger partial charge in [0.2, 0.25) is 11.7 Å². The molecule has 34 heavy (non-hydrogen) atoms. The second-order valence-electron chi connectivity index (χ2n) is 7.68. The number of ether oxygens (including phenoxy) is 1. The standard InChI is InChI=1S/C21H18F3N7O3/c1-10-13(18-28-29-19(34-18)16-25-9-8-12(27-16)33-2)20(32)31-17(26-10)14(11-6-4-3-5-7-11)15(30-31)21(22,23)24/h3-9,14-15,17,26,30H,1-2H3. The molecule has 0 spiro atoms. The summed E-state index contributed by atoms with van der Waals surface area (Å²) in [4.78, 5) is 21.5. The minimum atomic E-state index is -4.60. The SMILES string of the molecule is COc1ccnc(-c2nnc(C3=C(C)NC4C(c5ccccc5)C(C(F)(F)F)NN4C3=O)o2)n1. The first-order valence-electron chi connectivity index (χ1n) is 10.2. The second kappa shape index (κ2) is 8.09. The molecule has 13 heteroatoms. The molecule has 1 fully saturated rings. The highest BCUT2D eigenvalue weighted by molar-refractivity contribution is 6.19. The fraction of sp³-hybridized carbons (Fsp3) is 0.286. The molecule has 1 aromatic carbocycles. The van der Waals surface area contributed by atoms with E-state index in [2.05, 4.69) is 30.9 Å². The summed E-state index contributed by atoms with van der Waals surface area (Å²) < 4.78 is 52.4. The number of fused-ring (bicyclic) bond motifs is 1. The van der Waals surface area contributed by atoms with Crippen LogP contribution in [0.3, 0.4) is 0 Å². The van der Waals surface area contributed by atoms with Crippen molar-refractivity contribution >= 4 is 11.5 Å². The highest BCUT2D eigenvalue weighted by Gasteiger charge is 2.58. The van der Waals surface area contributed by atoms with Gasteiger partial charge in [-0.1, -0.05) is 30.3 Å². The lowest BCUT2D eigenvalue weighted by atomic mass is 9.89. The van der Waals surface area contributed by atoms with Gasteiger partial charge in [-0.25, -0.2) is 15.4 Å². The van der Waals surface area contributed by atoms with E-state index in [9.17, 15) is 18.0 Å². The molecule has 5 rings (SSSR count). The zero-order valence-electron chi connectivity index (χ0n) is 17.9. The van der Waals surface area contributed by atoms with Crippen LogP contribution in [-0.2, 0) is 4.79 Å². The summed E-state index contributed by atoms with van der Waals surface area (Å²) in [5, 5.41) is 11.7. The molecule has 2 N–H and O–H groups in total. The number of nitrogens with one attached hydrogen (secondary N) is 2. The minimum absolute atomic E-state index is 0.0555. The van der Waals surface area contributed by atoms with Gasteiger partial charge in [0.25, 0.3) is 17.7 Å². The third kappa shape index (κ3) is 3.63. The Morgan fingerprint density at radius 2 is 1.85 bits per heavy atom. The van der Waals surface area contributed by atoms with Crippen molar-refractivity contribution in [2.45, 2.75) is 31.2 Å². The number of aromatic nitrogens is 4. The van der Waals surface area contributed by atoms with Gasteiger partial charge in [0.05, 0.1) is 13.0 Å². The maximum absolute atomic E-state index is 13.9. The number of hydrogen-bond donors (Lipinski definition) is 2. The average molecular weight is 473 g/mol. The molecule has 1 saturated heterocycles. The van der Waals surface area contributed by atoms with Crippen LogP contribution in [0.2, 0.25) is 0 Å². The van der Waals surface area contributed by atoms with Crippen molar-refractivity contribution in [1.29, 1.82) is 0 Å². The molecule has 0 aliphatic carbocycles. The van der Waals surface area contributed by atoms with Gasteiger partial charge >= 0.3 is 6.18 Å². The fourth-order valence-corrected chi connectivity index (χ4v) is 4.12. The van der Waals surface area contributed by atoms with Gasteiger partial charge in [0.1, 0.15) is 17.8 Å².